The van der Waals surface area contributed by atoms with Gasteiger partial charge in [-0.15, -0.1) is 0 Å². The Labute approximate surface area is 156 Å². The molecular weight excluding hydrogens is 350 g/mol. The molecule has 0 aliphatic carbocycles. The second kappa shape index (κ2) is 8.10. The monoisotopic (exact) mass is 369 g/mol. The van der Waals surface area contributed by atoms with E-state index in [1.807, 2.05) is 43.3 Å². The van der Waals surface area contributed by atoms with Crippen LogP contribution in [0, 0.1) is 13.8 Å². The summed E-state index contributed by atoms with van der Waals surface area (Å²) in [5.74, 6) is 1.22. The van der Waals surface area contributed by atoms with E-state index >= 15 is 0 Å². The van der Waals surface area contributed by atoms with E-state index in [0.717, 1.165) is 34.4 Å². The van der Waals surface area contributed by atoms with Gasteiger partial charge in [0, 0.05) is 0 Å². The van der Waals surface area contributed by atoms with Gasteiger partial charge in [-0.3, -0.25) is 14.9 Å². The molecule has 0 saturated carbocycles. The zero-order valence-corrected chi connectivity index (χ0v) is 15.4. The van der Waals surface area contributed by atoms with Crippen molar-refractivity contribution >= 4 is 29.0 Å². The van der Waals surface area contributed by atoms with Gasteiger partial charge in [0.25, 0.3) is 11.1 Å². The minimum absolute atomic E-state index is 0.343. The number of carbonyl (C=O) groups excluding carboxylic acids is 2. The quantitative estimate of drug-likeness (QED) is 0.614. The lowest BCUT2D eigenvalue weighted by Gasteiger charge is -2.11. The van der Waals surface area contributed by atoms with Crippen molar-refractivity contribution in [3.8, 4) is 11.5 Å². The fraction of sp³-hybridized carbons (Fsp3) is 0.200. The molecule has 0 spiro atoms. The Morgan fingerprint density at radius 1 is 1.00 bits per heavy atom. The van der Waals surface area contributed by atoms with Gasteiger partial charge in [-0.25, -0.2) is 0 Å². The third kappa shape index (κ3) is 4.67. The lowest BCUT2D eigenvalue weighted by molar-refractivity contribution is -0.115. The number of carbonyl (C=O) groups is 2. The number of imide groups is 1. The highest BCUT2D eigenvalue weighted by molar-refractivity contribution is 8.18. The summed E-state index contributed by atoms with van der Waals surface area (Å²) in [6.07, 6.45) is 1.68. The number of hydrogen-bond acceptors (Lipinski definition) is 5. The van der Waals surface area contributed by atoms with Crippen LogP contribution < -0.4 is 14.8 Å². The zero-order chi connectivity index (χ0) is 18.5. The molecule has 3 rings (SSSR count). The van der Waals surface area contributed by atoms with Crippen LogP contribution in [-0.4, -0.2) is 24.4 Å². The Morgan fingerprint density at radius 2 is 1.73 bits per heavy atom. The van der Waals surface area contributed by atoms with E-state index in [2.05, 4.69) is 18.3 Å². The molecule has 0 radical (unpaired) electrons. The van der Waals surface area contributed by atoms with Crippen molar-refractivity contribution in [1.82, 2.24) is 5.32 Å². The van der Waals surface area contributed by atoms with Crippen LogP contribution >= 0.6 is 11.8 Å². The van der Waals surface area contributed by atoms with E-state index in [0.29, 0.717) is 18.1 Å². The van der Waals surface area contributed by atoms with E-state index in [1.165, 1.54) is 5.56 Å². The van der Waals surface area contributed by atoms with Crippen LogP contribution in [-0.2, 0) is 4.79 Å². The first-order valence-electron chi connectivity index (χ1n) is 8.19. The largest absolute Gasteiger partial charge is 0.490 e. The van der Waals surface area contributed by atoms with Crippen molar-refractivity contribution in [2.45, 2.75) is 13.8 Å². The van der Waals surface area contributed by atoms with Gasteiger partial charge < -0.3 is 9.47 Å². The second-order valence-corrected chi connectivity index (χ2v) is 6.90. The normalized spacial score (nSPS) is 15.2. The molecule has 2 aromatic rings. The Bertz CT molecular complexity index is 859. The van der Waals surface area contributed by atoms with Gasteiger partial charge >= 0.3 is 0 Å². The minimum atomic E-state index is -0.358. The average molecular weight is 369 g/mol. The number of aryl methyl sites for hydroxylation is 2. The van der Waals surface area contributed by atoms with Crippen LogP contribution in [0.15, 0.2) is 47.4 Å². The summed E-state index contributed by atoms with van der Waals surface area (Å²) in [5.41, 5.74) is 3.14. The van der Waals surface area contributed by atoms with Crippen LogP contribution in [0.3, 0.4) is 0 Å². The summed E-state index contributed by atoms with van der Waals surface area (Å²) in [5, 5.41) is 1.89. The van der Waals surface area contributed by atoms with E-state index in [-0.39, 0.29) is 11.1 Å². The smallest absolute Gasteiger partial charge is 0.290 e. The van der Waals surface area contributed by atoms with Crippen LogP contribution in [0.5, 0.6) is 11.5 Å². The Kier molecular flexibility index (Phi) is 5.63. The lowest BCUT2D eigenvalue weighted by Crippen LogP contribution is -2.17. The third-order valence-corrected chi connectivity index (χ3v) is 4.57. The summed E-state index contributed by atoms with van der Waals surface area (Å²) in [7, 11) is 0. The number of thioether (sulfide) groups is 1. The van der Waals surface area contributed by atoms with E-state index in [1.54, 1.807) is 6.08 Å². The number of amides is 2. The van der Waals surface area contributed by atoms with Crippen molar-refractivity contribution in [3.63, 3.8) is 0 Å². The molecule has 0 unspecified atom stereocenters. The highest BCUT2D eigenvalue weighted by Gasteiger charge is 2.24. The molecule has 1 heterocycles. The Hall–Kier alpha value is -2.73. The maximum atomic E-state index is 11.5. The van der Waals surface area contributed by atoms with Crippen molar-refractivity contribution in [1.29, 1.82) is 0 Å². The molecule has 26 heavy (non-hydrogen) atoms. The van der Waals surface area contributed by atoms with Crippen LogP contribution in [0.4, 0.5) is 4.79 Å². The van der Waals surface area contributed by atoms with Crippen LogP contribution in [0.25, 0.3) is 6.08 Å². The third-order valence-electron chi connectivity index (χ3n) is 3.76. The fourth-order valence-electron chi connectivity index (χ4n) is 2.51. The average Bonchev–Trinajstić information content (AvgIpc) is 2.92. The Balaban J connectivity index is 1.49. The molecule has 0 atom stereocenters. The molecule has 6 heteroatoms. The maximum absolute atomic E-state index is 11.5. The van der Waals surface area contributed by atoms with Gasteiger partial charge in [-0.2, -0.15) is 0 Å². The van der Waals surface area contributed by atoms with Crippen molar-refractivity contribution in [2.24, 2.45) is 0 Å². The lowest BCUT2D eigenvalue weighted by atomic mass is 10.1. The highest BCUT2D eigenvalue weighted by Crippen LogP contribution is 2.26. The first-order valence-corrected chi connectivity index (χ1v) is 9.01. The number of rotatable bonds is 6. The van der Waals surface area contributed by atoms with Gasteiger partial charge in [0.15, 0.2) is 0 Å². The number of hydrogen-bond donors (Lipinski definition) is 1. The molecule has 0 bridgehead atoms. The topological polar surface area (TPSA) is 64.6 Å². The van der Waals surface area contributed by atoms with Crippen molar-refractivity contribution in [2.75, 3.05) is 13.2 Å². The second-order valence-electron chi connectivity index (χ2n) is 5.89. The van der Waals surface area contributed by atoms with E-state index in [4.69, 9.17) is 9.47 Å². The standard InChI is InChI=1S/C20H19NO4S/c1-13-3-8-17(14(2)11-13)25-10-9-24-16-6-4-15(5-7-16)12-18-19(22)21-20(23)26-18/h3-8,11-12H,9-10H2,1-2H3,(H,21,22,23). The predicted molar refractivity (Wildman–Crippen MR) is 102 cm³/mol. The summed E-state index contributed by atoms with van der Waals surface area (Å²) >= 11 is 0.903. The molecule has 1 saturated heterocycles. The van der Waals surface area contributed by atoms with E-state index in [9.17, 15) is 9.59 Å². The van der Waals surface area contributed by atoms with Gasteiger partial charge in [0.2, 0.25) is 0 Å². The molecule has 0 aromatic heterocycles. The van der Waals surface area contributed by atoms with Crippen molar-refractivity contribution < 1.29 is 19.1 Å². The van der Waals surface area contributed by atoms with Crippen LogP contribution in [0.1, 0.15) is 16.7 Å². The first-order chi connectivity index (χ1) is 12.5. The minimum Gasteiger partial charge on any atom is -0.490 e. The zero-order valence-electron chi connectivity index (χ0n) is 14.6. The van der Waals surface area contributed by atoms with Gasteiger partial charge in [-0.1, -0.05) is 29.8 Å². The summed E-state index contributed by atoms with van der Waals surface area (Å²) in [6, 6.07) is 13.4. The molecular formula is C20H19NO4S. The van der Waals surface area contributed by atoms with E-state index < -0.39 is 0 Å². The number of nitrogens with one attached hydrogen (secondary N) is 1. The number of ether oxygens (including phenoxy) is 2. The molecule has 1 aliphatic rings. The molecule has 1 fully saturated rings. The predicted octanol–water partition coefficient (Wildman–Crippen LogP) is 4.09. The highest BCUT2D eigenvalue weighted by atomic mass is 32.2. The van der Waals surface area contributed by atoms with Gasteiger partial charge in [0.1, 0.15) is 24.7 Å². The molecule has 2 aromatic carbocycles. The van der Waals surface area contributed by atoms with Gasteiger partial charge in [-0.05, 0) is 61.0 Å². The fourth-order valence-corrected chi connectivity index (χ4v) is 3.19. The molecule has 1 aliphatic heterocycles. The molecule has 134 valence electrons. The number of benzene rings is 2. The van der Waals surface area contributed by atoms with Gasteiger partial charge in [0.05, 0.1) is 4.91 Å². The molecule has 5 nitrogen and oxygen atoms in total. The SMILES string of the molecule is Cc1ccc(OCCOc2ccc(C=C3SC(=O)NC3=O)cc2)c(C)c1. The van der Waals surface area contributed by atoms with Crippen molar-refractivity contribution in [3.05, 3.63) is 64.1 Å². The van der Waals surface area contributed by atoms with Crippen LogP contribution in [0.2, 0.25) is 0 Å². The Morgan fingerprint density at radius 3 is 2.38 bits per heavy atom. The molecule has 2 amide bonds. The summed E-state index contributed by atoms with van der Waals surface area (Å²) < 4.78 is 11.4. The molecule has 1 N–H and O–H groups in total. The maximum Gasteiger partial charge on any atom is 0.290 e. The summed E-state index contributed by atoms with van der Waals surface area (Å²) in [4.78, 5) is 23.1. The summed E-state index contributed by atoms with van der Waals surface area (Å²) in [6.45, 7) is 4.96. The first kappa shape index (κ1) is 18.1.